The molecule has 0 aromatic heterocycles. The van der Waals surface area contributed by atoms with Crippen molar-refractivity contribution in [3.05, 3.63) is 35.4 Å². The van der Waals surface area contributed by atoms with Gasteiger partial charge in [-0.25, -0.2) is 8.78 Å². The monoisotopic (exact) mass is 299 g/mol. The second-order valence-electron chi connectivity index (χ2n) is 4.62. The fourth-order valence-electron chi connectivity index (χ4n) is 1.86. The summed E-state index contributed by atoms with van der Waals surface area (Å²) in [6.45, 7) is 2.12. The molecule has 0 spiro atoms. The molecular weight excluding hydrogens is 280 g/mol. The Kier molecular flexibility index (Phi) is 6.74. The van der Waals surface area contributed by atoms with E-state index in [2.05, 4.69) is 10.6 Å². The van der Waals surface area contributed by atoms with Gasteiger partial charge in [-0.3, -0.25) is 9.59 Å². The number of hydrogen-bond acceptors (Lipinski definition) is 3. The highest BCUT2D eigenvalue weighted by Crippen LogP contribution is 2.21. The number of halogens is 2. The third-order valence-electron chi connectivity index (χ3n) is 2.81. The zero-order chi connectivity index (χ0) is 15.8. The third kappa shape index (κ3) is 5.86. The van der Waals surface area contributed by atoms with Crippen molar-refractivity contribution in [3.63, 3.8) is 0 Å². The van der Waals surface area contributed by atoms with Gasteiger partial charge < -0.3 is 16.4 Å². The molecule has 1 aromatic carbocycles. The van der Waals surface area contributed by atoms with Crippen LogP contribution in [0.1, 0.15) is 31.4 Å². The highest BCUT2D eigenvalue weighted by atomic mass is 19.1. The van der Waals surface area contributed by atoms with Gasteiger partial charge in [0.05, 0.1) is 12.5 Å². The van der Waals surface area contributed by atoms with Gasteiger partial charge in [0, 0.05) is 25.1 Å². The van der Waals surface area contributed by atoms with Crippen molar-refractivity contribution in [3.8, 4) is 0 Å². The van der Waals surface area contributed by atoms with Crippen LogP contribution in [0.15, 0.2) is 18.2 Å². The molecule has 0 saturated heterocycles. The first-order valence-electron chi connectivity index (χ1n) is 6.63. The van der Waals surface area contributed by atoms with E-state index in [1.54, 1.807) is 0 Å². The molecule has 7 heteroatoms. The molecule has 4 N–H and O–H groups in total. The summed E-state index contributed by atoms with van der Waals surface area (Å²) in [7, 11) is 0. The van der Waals surface area contributed by atoms with Crippen LogP contribution >= 0.6 is 0 Å². The molecule has 0 saturated carbocycles. The largest absolute Gasteiger partial charge is 0.356 e. The van der Waals surface area contributed by atoms with Gasteiger partial charge in [-0.2, -0.15) is 0 Å². The summed E-state index contributed by atoms with van der Waals surface area (Å²) in [6.07, 6.45) is 0.494. The highest BCUT2D eigenvalue weighted by Gasteiger charge is 2.20. The zero-order valence-electron chi connectivity index (χ0n) is 11.8. The fourth-order valence-corrected chi connectivity index (χ4v) is 1.86. The van der Waals surface area contributed by atoms with Crippen LogP contribution in [-0.4, -0.2) is 24.9 Å². The first kappa shape index (κ1) is 17.0. The smallest absolute Gasteiger partial charge is 0.222 e. The first-order chi connectivity index (χ1) is 9.93. The highest BCUT2D eigenvalue weighted by molar-refractivity contribution is 5.79. The van der Waals surface area contributed by atoms with E-state index in [9.17, 15) is 18.4 Å². The molecule has 0 aliphatic carbocycles. The van der Waals surface area contributed by atoms with E-state index in [-0.39, 0.29) is 17.9 Å². The fraction of sp³-hybridized carbons (Fsp3) is 0.429. The van der Waals surface area contributed by atoms with E-state index in [0.717, 1.165) is 12.1 Å². The molecule has 0 aliphatic rings. The Hall–Kier alpha value is -2.02. The Morgan fingerprint density at radius 2 is 2.05 bits per heavy atom. The summed E-state index contributed by atoms with van der Waals surface area (Å²) >= 11 is 0. The molecule has 0 radical (unpaired) electrons. The average Bonchev–Trinajstić information content (AvgIpc) is 2.37. The quantitative estimate of drug-likeness (QED) is 0.657. The second-order valence-corrected chi connectivity index (χ2v) is 4.62. The van der Waals surface area contributed by atoms with Crippen LogP contribution in [0.4, 0.5) is 8.78 Å². The number of benzene rings is 1. The molecule has 0 bridgehead atoms. The lowest BCUT2D eigenvalue weighted by molar-refractivity contribution is -0.122. The zero-order valence-corrected chi connectivity index (χ0v) is 11.8. The Bertz CT molecular complexity index is 509. The van der Waals surface area contributed by atoms with Gasteiger partial charge in [-0.1, -0.05) is 6.07 Å². The number of carbonyl (C=O) groups is 2. The van der Waals surface area contributed by atoms with Gasteiger partial charge in [0.1, 0.15) is 11.6 Å². The predicted octanol–water partition coefficient (Wildman–Crippen LogP) is 0.997. The summed E-state index contributed by atoms with van der Waals surface area (Å²) in [5.74, 6) is -2.27. The molecule has 1 unspecified atom stereocenters. The Morgan fingerprint density at radius 1 is 1.33 bits per heavy atom. The lowest BCUT2D eigenvalue weighted by Gasteiger charge is -2.18. The molecule has 2 amide bonds. The van der Waals surface area contributed by atoms with Crippen molar-refractivity contribution in [1.29, 1.82) is 0 Å². The van der Waals surface area contributed by atoms with E-state index in [1.165, 1.54) is 13.0 Å². The lowest BCUT2D eigenvalue weighted by atomic mass is 10.0. The van der Waals surface area contributed by atoms with E-state index in [4.69, 9.17) is 5.73 Å². The van der Waals surface area contributed by atoms with Crippen molar-refractivity contribution >= 4 is 11.8 Å². The first-order valence-corrected chi connectivity index (χ1v) is 6.63. The second kappa shape index (κ2) is 8.31. The standard InChI is InChI=1S/C14H19F2N3O2/c1-9(20)19-13(8-14(21)18-6-2-5-17)11-4-3-10(15)7-12(11)16/h3-4,7,13H,2,5-6,8,17H2,1H3,(H,18,21)(H,19,20). The van der Waals surface area contributed by atoms with Gasteiger partial charge in [0.15, 0.2) is 0 Å². The molecule has 116 valence electrons. The Labute approximate surface area is 121 Å². The van der Waals surface area contributed by atoms with Gasteiger partial charge >= 0.3 is 0 Å². The number of nitrogens with two attached hydrogens (primary N) is 1. The summed E-state index contributed by atoms with van der Waals surface area (Å²) in [4.78, 5) is 23.0. The molecule has 0 aliphatic heterocycles. The maximum Gasteiger partial charge on any atom is 0.222 e. The van der Waals surface area contributed by atoms with Crippen LogP contribution in [0.2, 0.25) is 0 Å². The molecule has 21 heavy (non-hydrogen) atoms. The van der Waals surface area contributed by atoms with Gasteiger partial charge in [-0.05, 0) is 19.0 Å². The number of amides is 2. The minimum absolute atomic E-state index is 0.0700. The van der Waals surface area contributed by atoms with Crippen LogP contribution < -0.4 is 16.4 Å². The van der Waals surface area contributed by atoms with Gasteiger partial charge in [0.25, 0.3) is 0 Å². The normalized spacial score (nSPS) is 11.8. The predicted molar refractivity (Wildman–Crippen MR) is 74.2 cm³/mol. The van der Waals surface area contributed by atoms with Gasteiger partial charge in [0.2, 0.25) is 11.8 Å². The molecule has 1 rings (SSSR count). The summed E-state index contributed by atoms with van der Waals surface area (Å²) < 4.78 is 26.7. The summed E-state index contributed by atoms with van der Waals surface area (Å²) in [6, 6.07) is 2.18. The molecule has 0 heterocycles. The van der Waals surface area contributed by atoms with Crippen molar-refractivity contribution in [2.45, 2.75) is 25.8 Å². The molecule has 5 nitrogen and oxygen atoms in total. The van der Waals surface area contributed by atoms with Gasteiger partial charge in [-0.15, -0.1) is 0 Å². The van der Waals surface area contributed by atoms with Crippen molar-refractivity contribution < 1.29 is 18.4 Å². The van der Waals surface area contributed by atoms with Crippen molar-refractivity contribution in [2.24, 2.45) is 5.73 Å². The Morgan fingerprint density at radius 3 is 2.62 bits per heavy atom. The molecule has 1 atom stereocenters. The minimum atomic E-state index is -0.846. The van der Waals surface area contributed by atoms with Crippen molar-refractivity contribution in [2.75, 3.05) is 13.1 Å². The van der Waals surface area contributed by atoms with Crippen LogP contribution in [-0.2, 0) is 9.59 Å². The molecule has 1 aromatic rings. The number of hydrogen-bond donors (Lipinski definition) is 3. The number of nitrogens with one attached hydrogen (secondary N) is 2. The number of rotatable bonds is 7. The van der Waals surface area contributed by atoms with E-state index in [1.807, 2.05) is 0 Å². The topological polar surface area (TPSA) is 84.2 Å². The van der Waals surface area contributed by atoms with Crippen molar-refractivity contribution in [1.82, 2.24) is 10.6 Å². The maximum absolute atomic E-state index is 13.8. The van der Waals surface area contributed by atoms with E-state index >= 15 is 0 Å². The van der Waals surface area contributed by atoms with Crippen LogP contribution in [0, 0.1) is 11.6 Å². The maximum atomic E-state index is 13.8. The van der Waals surface area contributed by atoms with Crippen LogP contribution in [0.25, 0.3) is 0 Å². The lowest BCUT2D eigenvalue weighted by Crippen LogP contribution is -2.33. The SMILES string of the molecule is CC(=O)NC(CC(=O)NCCCN)c1ccc(F)cc1F. The van der Waals surface area contributed by atoms with Crippen LogP contribution in [0.3, 0.4) is 0 Å². The molecular formula is C14H19F2N3O2. The Balaban J connectivity index is 2.80. The van der Waals surface area contributed by atoms with E-state index < -0.39 is 23.6 Å². The third-order valence-corrected chi connectivity index (χ3v) is 2.81. The van der Waals surface area contributed by atoms with Crippen LogP contribution in [0.5, 0.6) is 0 Å². The average molecular weight is 299 g/mol. The summed E-state index contributed by atoms with van der Waals surface area (Å²) in [5.41, 5.74) is 5.38. The summed E-state index contributed by atoms with van der Waals surface area (Å²) in [5, 5.41) is 5.11. The number of carbonyl (C=O) groups excluding carboxylic acids is 2. The minimum Gasteiger partial charge on any atom is -0.356 e. The molecule has 0 fully saturated rings. The van der Waals surface area contributed by atoms with E-state index in [0.29, 0.717) is 19.5 Å².